The third kappa shape index (κ3) is 4.04. The number of amides is 3. The fourth-order valence-corrected chi connectivity index (χ4v) is 6.00. The normalized spacial score (nSPS) is 22.9. The van der Waals surface area contributed by atoms with E-state index in [1.165, 1.54) is 0 Å². The number of nitrogens with one attached hydrogen (secondary N) is 2. The van der Waals surface area contributed by atoms with Crippen molar-refractivity contribution in [2.75, 3.05) is 5.32 Å². The Kier molecular flexibility index (Phi) is 5.55. The van der Waals surface area contributed by atoms with Gasteiger partial charge in [0.25, 0.3) is 11.8 Å². The van der Waals surface area contributed by atoms with Crippen LogP contribution in [-0.4, -0.2) is 45.7 Å². The zero-order valence-corrected chi connectivity index (χ0v) is 20.2. The molecule has 4 heterocycles. The number of para-hydroxylation sites is 2. The SMILES string of the molecule is Cc1cc(C(=O)NC2C[C@@H]3CC[C@@H](C2)N3C(=O)C2=Cc3ccccc3NC(=O)C2)nc2ccccc12. The van der Waals surface area contributed by atoms with E-state index in [0.717, 1.165) is 40.6 Å². The van der Waals surface area contributed by atoms with E-state index in [1.807, 2.05) is 72.5 Å². The highest BCUT2D eigenvalue weighted by molar-refractivity contribution is 6.08. The third-order valence-electron chi connectivity index (χ3n) is 7.65. The number of anilines is 1. The molecule has 3 aliphatic heterocycles. The van der Waals surface area contributed by atoms with Gasteiger partial charge in [-0.3, -0.25) is 14.4 Å². The Balaban J connectivity index is 1.18. The molecule has 2 aromatic carbocycles. The summed E-state index contributed by atoms with van der Waals surface area (Å²) >= 11 is 0. The predicted molar refractivity (Wildman–Crippen MR) is 138 cm³/mol. The molecule has 2 fully saturated rings. The maximum absolute atomic E-state index is 13.6. The number of piperidine rings is 1. The van der Waals surface area contributed by atoms with E-state index in [-0.39, 0.29) is 42.3 Å². The molecule has 7 nitrogen and oxygen atoms in total. The lowest BCUT2D eigenvalue weighted by Gasteiger charge is -2.39. The fraction of sp³-hybridized carbons (Fsp3) is 0.310. The van der Waals surface area contributed by atoms with E-state index in [0.29, 0.717) is 24.1 Å². The van der Waals surface area contributed by atoms with Gasteiger partial charge in [-0.05, 0) is 68.0 Å². The smallest absolute Gasteiger partial charge is 0.270 e. The van der Waals surface area contributed by atoms with Crippen LogP contribution in [0.5, 0.6) is 0 Å². The van der Waals surface area contributed by atoms with E-state index >= 15 is 0 Å². The Bertz CT molecular complexity index is 1420. The third-order valence-corrected chi connectivity index (χ3v) is 7.65. The van der Waals surface area contributed by atoms with E-state index in [4.69, 9.17) is 0 Å². The second kappa shape index (κ2) is 8.90. The van der Waals surface area contributed by atoms with Crippen LogP contribution >= 0.6 is 0 Å². The maximum atomic E-state index is 13.6. The Morgan fingerprint density at radius 1 is 1.03 bits per heavy atom. The quantitative estimate of drug-likeness (QED) is 0.587. The molecule has 2 saturated heterocycles. The Hall–Kier alpha value is -4.00. The summed E-state index contributed by atoms with van der Waals surface area (Å²) in [6.07, 6.45) is 5.14. The summed E-state index contributed by atoms with van der Waals surface area (Å²) in [4.78, 5) is 45.7. The van der Waals surface area contributed by atoms with Gasteiger partial charge in [-0.1, -0.05) is 36.4 Å². The Labute approximate surface area is 209 Å². The lowest BCUT2D eigenvalue weighted by molar-refractivity contribution is -0.132. The number of fused-ring (bicyclic) bond motifs is 4. The topological polar surface area (TPSA) is 91.4 Å². The molecule has 2 bridgehead atoms. The lowest BCUT2D eigenvalue weighted by Crippen LogP contribution is -2.53. The number of pyridine rings is 1. The van der Waals surface area contributed by atoms with Crippen molar-refractivity contribution < 1.29 is 14.4 Å². The molecule has 0 radical (unpaired) electrons. The molecular weight excluding hydrogens is 452 g/mol. The van der Waals surface area contributed by atoms with Gasteiger partial charge in [0.2, 0.25) is 5.91 Å². The molecule has 1 aromatic heterocycles. The first-order valence-corrected chi connectivity index (χ1v) is 12.6. The van der Waals surface area contributed by atoms with Crippen LogP contribution in [0.2, 0.25) is 0 Å². The van der Waals surface area contributed by atoms with Gasteiger partial charge < -0.3 is 15.5 Å². The molecule has 3 aromatic rings. The summed E-state index contributed by atoms with van der Waals surface area (Å²) in [5, 5.41) is 7.12. The van der Waals surface area contributed by atoms with E-state index in [2.05, 4.69) is 15.6 Å². The van der Waals surface area contributed by atoms with Crippen molar-refractivity contribution >= 4 is 40.4 Å². The average Bonchev–Trinajstić information content (AvgIpc) is 3.03. The first kappa shape index (κ1) is 22.5. The number of aryl methyl sites for hydroxylation is 1. The lowest BCUT2D eigenvalue weighted by atomic mass is 9.95. The zero-order chi connectivity index (χ0) is 24.8. The molecule has 0 saturated carbocycles. The minimum atomic E-state index is -0.174. The van der Waals surface area contributed by atoms with Gasteiger partial charge in [-0.15, -0.1) is 0 Å². The van der Waals surface area contributed by atoms with Crippen LogP contribution in [0.15, 0.2) is 60.2 Å². The van der Waals surface area contributed by atoms with E-state index in [1.54, 1.807) is 0 Å². The Morgan fingerprint density at radius 3 is 2.56 bits per heavy atom. The van der Waals surface area contributed by atoms with Crippen LogP contribution in [0.3, 0.4) is 0 Å². The second-order valence-corrected chi connectivity index (χ2v) is 10.1. The molecular formula is C29H28N4O3. The number of hydrogen-bond donors (Lipinski definition) is 2. The summed E-state index contributed by atoms with van der Waals surface area (Å²) in [6, 6.07) is 17.3. The van der Waals surface area contributed by atoms with Crippen molar-refractivity contribution in [2.45, 2.75) is 57.2 Å². The first-order valence-electron chi connectivity index (χ1n) is 12.6. The highest BCUT2D eigenvalue weighted by Gasteiger charge is 2.44. The van der Waals surface area contributed by atoms with Gasteiger partial charge in [0, 0.05) is 34.8 Å². The summed E-state index contributed by atoms with van der Waals surface area (Å²) in [7, 11) is 0. The summed E-state index contributed by atoms with van der Waals surface area (Å²) in [5.74, 6) is -0.411. The standard InChI is InChI=1S/C29H28N4O3/c1-17-12-26(31-25-9-5-3-7-23(17)25)28(35)30-20-15-21-10-11-22(16-20)33(21)29(36)19-13-18-6-2-4-8-24(18)32-27(34)14-19/h2-9,12-13,20-22H,10-11,14-16H2,1H3,(H,30,35)(H,32,34)/t21-,22-/m0/s1. The number of rotatable bonds is 3. The van der Waals surface area contributed by atoms with Crippen LogP contribution in [-0.2, 0) is 9.59 Å². The van der Waals surface area contributed by atoms with Crippen molar-refractivity contribution in [2.24, 2.45) is 0 Å². The van der Waals surface area contributed by atoms with Crippen LogP contribution in [0.1, 0.15) is 53.7 Å². The van der Waals surface area contributed by atoms with Gasteiger partial charge in [0.05, 0.1) is 11.9 Å². The summed E-state index contributed by atoms with van der Waals surface area (Å²) in [6.45, 7) is 1.99. The van der Waals surface area contributed by atoms with Crippen LogP contribution in [0.4, 0.5) is 5.69 Å². The Morgan fingerprint density at radius 2 is 1.75 bits per heavy atom. The largest absolute Gasteiger partial charge is 0.348 e. The van der Waals surface area contributed by atoms with Crippen molar-refractivity contribution in [1.29, 1.82) is 0 Å². The van der Waals surface area contributed by atoms with E-state index in [9.17, 15) is 14.4 Å². The maximum Gasteiger partial charge on any atom is 0.270 e. The van der Waals surface area contributed by atoms with Gasteiger partial charge >= 0.3 is 0 Å². The van der Waals surface area contributed by atoms with Gasteiger partial charge in [0.1, 0.15) is 5.69 Å². The van der Waals surface area contributed by atoms with Crippen molar-refractivity contribution in [1.82, 2.24) is 15.2 Å². The van der Waals surface area contributed by atoms with E-state index < -0.39 is 0 Å². The zero-order valence-electron chi connectivity index (χ0n) is 20.2. The average molecular weight is 481 g/mol. The minimum absolute atomic E-state index is 0.0141. The molecule has 182 valence electrons. The molecule has 6 rings (SSSR count). The monoisotopic (exact) mass is 480 g/mol. The first-order chi connectivity index (χ1) is 17.5. The summed E-state index contributed by atoms with van der Waals surface area (Å²) in [5.41, 5.74) is 4.35. The minimum Gasteiger partial charge on any atom is -0.348 e. The van der Waals surface area contributed by atoms with Crippen LogP contribution in [0, 0.1) is 6.92 Å². The molecule has 2 N–H and O–H groups in total. The summed E-state index contributed by atoms with van der Waals surface area (Å²) < 4.78 is 0. The van der Waals surface area contributed by atoms with Gasteiger partial charge in [0.15, 0.2) is 0 Å². The number of nitrogens with zero attached hydrogens (tertiary/aromatic N) is 2. The molecule has 3 aliphatic rings. The van der Waals surface area contributed by atoms with Crippen molar-refractivity contribution in [3.63, 3.8) is 0 Å². The van der Waals surface area contributed by atoms with Crippen molar-refractivity contribution in [3.8, 4) is 0 Å². The molecule has 0 aliphatic carbocycles. The number of hydrogen-bond acceptors (Lipinski definition) is 4. The van der Waals surface area contributed by atoms with Crippen molar-refractivity contribution in [3.05, 3.63) is 77.0 Å². The molecule has 0 unspecified atom stereocenters. The number of carbonyl (C=O) groups is 3. The molecule has 2 atom stereocenters. The van der Waals surface area contributed by atoms with Crippen LogP contribution in [0.25, 0.3) is 17.0 Å². The van der Waals surface area contributed by atoms with Gasteiger partial charge in [-0.2, -0.15) is 0 Å². The second-order valence-electron chi connectivity index (χ2n) is 10.1. The molecule has 0 spiro atoms. The van der Waals surface area contributed by atoms with Gasteiger partial charge in [-0.25, -0.2) is 4.98 Å². The molecule has 3 amide bonds. The van der Waals surface area contributed by atoms with Crippen LogP contribution < -0.4 is 10.6 Å². The number of carbonyl (C=O) groups excluding carboxylic acids is 3. The fourth-order valence-electron chi connectivity index (χ4n) is 6.00. The number of aromatic nitrogens is 1. The molecule has 36 heavy (non-hydrogen) atoms. The molecule has 7 heteroatoms. The predicted octanol–water partition coefficient (Wildman–Crippen LogP) is 4.22. The highest BCUT2D eigenvalue weighted by Crippen LogP contribution is 2.38. The highest BCUT2D eigenvalue weighted by atomic mass is 16.2. The number of benzene rings is 2.